The first-order chi connectivity index (χ1) is 23.5. The largest absolute Gasteiger partial charge is 0.437 e. The Kier molecular flexibility index (Phi) is 7.75. The zero-order valence-corrected chi connectivity index (χ0v) is 31.2. The highest BCUT2D eigenvalue weighted by Crippen LogP contribution is 2.45. The van der Waals surface area contributed by atoms with Crippen LogP contribution >= 0.6 is 0 Å². The molecule has 2 aliphatic rings. The molecular weight excluding hydrogens is 615 g/mol. The molecule has 0 saturated carbocycles. The summed E-state index contributed by atoms with van der Waals surface area (Å²) in [5.74, 6) is 1.24. The SMILES string of the molecule is C=C1CC2C(CCc3ccc4c(oc5ncccc54)c3-c3cc(C(C)C)cc[n+]3C1)c1ccccc1-c1cc(C(C)C)c([Si](C)(C)C)c[n+]12. The van der Waals surface area contributed by atoms with Crippen LogP contribution in [0.5, 0.6) is 0 Å². The number of hydrogen-bond acceptors (Lipinski definition) is 2. The number of allylic oxidation sites excluding steroid dienone is 1. The number of pyridine rings is 3. The number of furan rings is 1. The molecule has 2 unspecified atom stereocenters. The van der Waals surface area contributed by atoms with Crippen molar-refractivity contribution in [2.24, 2.45) is 0 Å². The molecule has 2 atom stereocenters. The fourth-order valence-corrected chi connectivity index (χ4v) is 10.3. The number of aryl methyl sites for hydroxylation is 1. The van der Waals surface area contributed by atoms with Crippen LogP contribution < -0.4 is 14.3 Å². The van der Waals surface area contributed by atoms with Gasteiger partial charge in [0.25, 0.3) is 0 Å². The lowest BCUT2D eigenvalue weighted by Crippen LogP contribution is -2.54. The Bertz CT molecular complexity index is 2270. The first kappa shape index (κ1) is 31.9. The minimum absolute atomic E-state index is 0.286. The maximum Gasteiger partial charge on any atom is 0.227 e. The number of nitrogens with zero attached hydrogens (tertiary/aromatic N) is 3. The molecule has 2 aliphatic heterocycles. The molecule has 0 amide bonds. The van der Waals surface area contributed by atoms with E-state index in [1.54, 1.807) is 5.19 Å². The highest BCUT2D eigenvalue weighted by Gasteiger charge is 2.43. The molecule has 248 valence electrons. The van der Waals surface area contributed by atoms with Gasteiger partial charge in [-0.2, -0.15) is 9.13 Å². The summed E-state index contributed by atoms with van der Waals surface area (Å²) in [6.07, 6.45) is 9.60. The fraction of sp³-hybridized carbons (Fsp3) is 0.341. The molecule has 0 saturated heterocycles. The minimum atomic E-state index is -1.63. The van der Waals surface area contributed by atoms with E-state index in [0.29, 0.717) is 23.5 Å². The van der Waals surface area contributed by atoms with Gasteiger partial charge < -0.3 is 4.42 Å². The van der Waals surface area contributed by atoms with Crippen LogP contribution in [0, 0.1) is 0 Å². The van der Waals surface area contributed by atoms with Gasteiger partial charge in [0.1, 0.15) is 0 Å². The van der Waals surface area contributed by atoms with Crippen LogP contribution in [0.15, 0.2) is 102 Å². The van der Waals surface area contributed by atoms with Crippen molar-refractivity contribution >= 4 is 35.3 Å². The number of fused-ring (bicyclic) bond motifs is 13. The van der Waals surface area contributed by atoms with E-state index in [-0.39, 0.29) is 6.04 Å². The Hall–Kier alpha value is -4.35. The smallest absolute Gasteiger partial charge is 0.227 e. The standard InChI is InChI=1S/C44H49N3OSi/c1-27(2)31-19-21-46-25-29(5)22-38-34(17-15-30-16-18-35-36-14-11-20-45-44(36)48-43(35)42(30)40(46)23-31)32-12-9-10-13-33(32)39-24-37(28(3)4)41(26-47(38)39)49(6,7)8/h9-14,16,18-21,23-24,26-28,34,38H,5,15,17,22,25H2,1-4,6-8H3/q+2. The summed E-state index contributed by atoms with van der Waals surface area (Å²) in [5.41, 5.74) is 13.7. The van der Waals surface area contributed by atoms with Crippen molar-refractivity contribution in [1.82, 2.24) is 4.98 Å². The van der Waals surface area contributed by atoms with Crippen molar-refractivity contribution in [3.05, 3.63) is 120 Å². The van der Waals surface area contributed by atoms with Gasteiger partial charge >= 0.3 is 0 Å². The third-order valence-electron chi connectivity index (χ3n) is 11.1. The molecule has 6 heterocycles. The van der Waals surface area contributed by atoms with Gasteiger partial charge in [0, 0.05) is 58.3 Å². The number of aromatic nitrogens is 3. The van der Waals surface area contributed by atoms with Crippen LogP contribution in [0.1, 0.15) is 86.6 Å². The van der Waals surface area contributed by atoms with Gasteiger partial charge in [-0.15, -0.1) is 0 Å². The Morgan fingerprint density at radius 2 is 1.71 bits per heavy atom. The second-order valence-corrected chi connectivity index (χ2v) is 21.2. The van der Waals surface area contributed by atoms with E-state index in [1.165, 1.54) is 50.3 Å². The zero-order valence-electron chi connectivity index (χ0n) is 30.2. The van der Waals surface area contributed by atoms with E-state index in [1.807, 2.05) is 12.3 Å². The van der Waals surface area contributed by atoms with Crippen LogP contribution in [0.4, 0.5) is 0 Å². The second kappa shape index (κ2) is 11.9. The van der Waals surface area contributed by atoms with Gasteiger partial charge in [0.2, 0.25) is 17.1 Å². The van der Waals surface area contributed by atoms with E-state index < -0.39 is 8.07 Å². The summed E-state index contributed by atoms with van der Waals surface area (Å²) in [7, 11) is -1.63. The van der Waals surface area contributed by atoms with Crippen molar-refractivity contribution in [1.29, 1.82) is 0 Å². The number of hydrogen-bond donors (Lipinski definition) is 0. The van der Waals surface area contributed by atoms with Gasteiger partial charge in [-0.05, 0) is 70.7 Å². The molecule has 2 aromatic carbocycles. The van der Waals surface area contributed by atoms with Crippen LogP contribution in [0.3, 0.4) is 0 Å². The third-order valence-corrected chi connectivity index (χ3v) is 13.2. The zero-order chi connectivity index (χ0) is 34.2. The molecule has 8 rings (SSSR count). The Morgan fingerprint density at radius 3 is 2.49 bits per heavy atom. The molecule has 49 heavy (non-hydrogen) atoms. The molecule has 6 aromatic rings. The molecular formula is C44H49N3OSi+2. The average molecular weight is 664 g/mol. The van der Waals surface area contributed by atoms with Gasteiger partial charge in [-0.25, -0.2) is 4.98 Å². The average Bonchev–Trinajstić information content (AvgIpc) is 3.44. The second-order valence-electron chi connectivity index (χ2n) is 16.2. The monoisotopic (exact) mass is 663 g/mol. The Labute approximate surface area is 292 Å². The summed E-state index contributed by atoms with van der Waals surface area (Å²) in [5, 5.41) is 3.78. The van der Waals surface area contributed by atoms with Gasteiger partial charge in [-0.3, -0.25) is 0 Å². The van der Waals surface area contributed by atoms with Crippen LogP contribution in [-0.2, 0) is 13.0 Å². The summed E-state index contributed by atoms with van der Waals surface area (Å²) >= 11 is 0. The summed E-state index contributed by atoms with van der Waals surface area (Å²) in [4.78, 5) is 4.63. The Morgan fingerprint density at radius 1 is 0.898 bits per heavy atom. The predicted molar refractivity (Wildman–Crippen MR) is 204 cm³/mol. The van der Waals surface area contributed by atoms with Crippen molar-refractivity contribution in [3.8, 4) is 22.5 Å². The van der Waals surface area contributed by atoms with E-state index in [0.717, 1.165) is 42.2 Å². The van der Waals surface area contributed by atoms with E-state index in [9.17, 15) is 0 Å². The van der Waals surface area contributed by atoms with Crippen molar-refractivity contribution < 1.29 is 13.6 Å². The van der Waals surface area contributed by atoms with Crippen molar-refractivity contribution in [3.63, 3.8) is 0 Å². The molecule has 0 N–H and O–H groups in total. The molecule has 0 radical (unpaired) electrons. The molecule has 0 bridgehead atoms. The number of benzene rings is 2. The lowest BCUT2D eigenvalue weighted by atomic mass is 9.77. The summed E-state index contributed by atoms with van der Waals surface area (Å²) in [6, 6.07) is 25.5. The van der Waals surface area contributed by atoms with Crippen LogP contribution in [0.25, 0.3) is 44.6 Å². The summed E-state index contributed by atoms with van der Waals surface area (Å²) < 4.78 is 11.8. The fourth-order valence-electron chi connectivity index (χ4n) is 8.60. The highest BCUT2D eigenvalue weighted by molar-refractivity contribution is 6.89. The molecule has 4 aromatic heterocycles. The van der Waals surface area contributed by atoms with E-state index >= 15 is 0 Å². The first-order valence-electron chi connectivity index (χ1n) is 18.2. The highest BCUT2D eigenvalue weighted by atomic mass is 28.3. The molecule has 0 spiro atoms. The van der Waals surface area contributed by atoms with E-state index in [2.05, 4.69) is 135 Å². The lowest BCUT2D eigenvalue weighted by Gasteiger charge is -2.33. The topological polar surface area (TPSA) is 33.8 Å². The van der Waals surface area contributed by atoms with E-state index in [4.69, 9.17) is 11.0 Å². The summed E-state index contributed by atoms with van der Waals surface area (Å²) in [6.45, 7) is 22.3. The molecule has 0 fully saturated rings. The van der Waals surface area contributed by atoms with Gasteiger partial charge in [0.05, 0.1) is 13.6 Å². The molecule has 0 aliphatic carbocycles. The number of rotatable bonds is 3. The quantitative estimate of drug-likeness (QED) is 0.107. The Balaban J connectivity index is 1.37. The molecule has 4 nitrogen and oxygen atoms in total. The predicted octanol–water partition coefficient (Wildman–Crippen LogP) is 9.91. The van der Waals surface area contributed by atoms with Crippen molar-refractivity contribution in [2.75, 3.05) is 0 Å². The third kappa shape index (κ3) is 5.38. The minimum Gasteiger partial charge on any atom is -0.437 e. The maximum atomic E-state index is 6.67. The van der Waals surface area contributed by atoms with Crippen LogP contribution in [-0.4, -0.2) is 13.1 Å². The maximum absolute atomic E-state index is 6.67. The normalized spacial score (nSPS) is 17.8. The van der Waals surface area contributed by atoms with Crippen molar-refractivity contribution in [2.45, 2.75) is 96.9 Å². The van der Waals surface area contributed by atoms with Gasteiger partial charge in [0.15, 0.2) is 30.6 Å². The van der Waals surface area contributed by atoms with Gasteiger partial charge in [-0.1, -0.05) is 84.2 Å². The molecule has 5 heteroatoms. The van der Waals surface area contributed by atoms with Crippen LogP contribution in [0.2, 0.25) is 19.6 Å². The lowest BCUT2D eigenvalue weighted by molar-refractivity contribution is -0.719. The first-order valence-corrected chi connectivity index (χ1v) is 21.7.